The molecule has 0 heterocycles. The average Bonchev–Trinajstić information content (AvgIpc) is 2.02. The molecular weight excluding hydrogens is 184 g/mol. The first-order valence-corrected chi connectivity index (χ1v) is 4.49. The Morgan fingerprint density at radius 3 is 2.36 bits per heavy atom. The molecule has 0 bridgehead atoms. The van der Waals surface area contributed by atoms with Crippen LogP contribution in [0, 0.1) is 0 Å². The molecule has 0 aliphatic heterocycles. The second kappa shape index (κ2) is 7.12. The highest BCUT2D eigenvalue weighted by atomic mass is 16.6. The molecule has 0 fully saturated rings. The fourth-order valence-electron chi connectivity index (χ4n) is 0.941. The van der Waals surface area contributed by atoms with Gasteiger partial charge in [0.05, 0.1) is 6.61 Å². The lowest BCUT2D eigenvalue weighted by Gasteiger charge is -2.12. The van der Waals surface area contributed by atoms with E-state index in [1.807, 2.05) is 6.92 Å². The number of allylic oxidation sites excluding steroid dienone is 1. The summed E-state index contributed by atoms with van der Waals surface area (Å²) in [5, 5.41) is 0. The first-order valence-electron chi connectivity index (χ1n) is 4.49. The van der Waals surface area contributed by atoms with Gasteiger partial charge in [0.15, 0.2) is 0 Å². The summed E-state index contributed by atoms with van der Waals surface area (Å²) in [5.41, 5.74) is 0. The summed E-state index contributed by atoms with van der Waals surface area (Å²) in [7, 11) is 0. The molecule has 0 saturated heterocycles. The van der Waals surface area contributed by atoms with Gasteiger partial charge in [-0.25, -0.2) is 0 Å². The molecule has 14 heavy (non-hydrogen) atoms. The summed E-state index contributed by atoms with van der Waals surface area (Å²) >= 11 is 0. The van der Waals surface area contributed by atoms with Crippen LogP contribution in [-0.4, -0.2) is 24.6 Å². The second-order valence-corrected chi connectivity index (χ2v) is 2.80. The van der Waals surface area contributed by atoms with E-state index < -0.39 is 0 Å². The van der Waals surface area contributed by atoms with Crippen LogP contribution in [0.3, 0.4) is 0 Å². The molecule has 0 amide bonds. The van der Waals surface area contributed by atoms with E-state index in [1.54, 1.807) is 12.2 Å². The summed E-state index contributed by atoms with van der Waals surface area (Å²) in [5.74, 6) is -0.664. The van der Waals surface area contributed by atoms with Crippen LogP contribution in [0.5, 0.6) is 0 Å². The van der Waals surface area contributed by atoms with Crippen LogP contribution in [0.2, 0.25) is 0 Å². The van der Waals surface area contributed by atoms with Crippen molar-refractivity contribution in [2.75, 3.05) is 6.61 Å². The van der Waals surface area contributed by atoms with Crippen molar-refractivity contribution in [3.63, 3.8) is 0 Å². The molecule has 0 aliphatic carbocycles. The van der Waals surface area contributed by atoms with Crippen molar-refractivity contribution in [2.45, 2.75) is 33.3 Å². The smallest absolute Gasteiger partial charge is 0.303 e. The van der Waals surface area contributed by atoms with E-state index in [-0.39, 0.29) is 24.6 Å². The predicted octanol–water partition coefficient (Wildman–Crippen LogP) is 1.45. The van der Waals surface area contributed by atoms with Crippen molar-refractivity contribution in [1.29, 1.82) is 0 Å². The highest BCUT2D eigenvalue weighted by Gasteiger charge is 2.08. The number of carbonyl (C=O) groups is 2. The van der Waals surface area contributed by atoms with E-state index in [9.17, 15) is 9.59 Å². The molecule has 0 aromatic rings. The first kappa shape index (κ1) is 12.7. The van der Waals surface area contributed by atoms with Crippen LogP contribution in [0.25, 0.3) is 0 Å². The number of ether oxygens (including phenoxy) is 2. The van der Waals surface area contributed by atoms with Crippen LogP contribution < -0.4 is 0 Å². The maximum absolute atomic E-state index is 10.7. The summed E-state index contributed by atoms with van der Waals surface area (Å²) in [4.78, 5) is 21.1. The van der Waals surface area contributed by atoms with Crippen molar-refractivity contribution < 1.29 is 19.1 Å². The zero-order chi connectivity index (χ0) is 11.0. The first-order chi connectivity index (χ1) is 6.56. The van der Waals surface area contributed by atoms with E-state index in [0.29, 0.717) is 6.42 Å². The van der Waals surface area contributed by atoms with Crippen molar-refractivity contribution in [3.8, 4) is 0 Å². The fourth-order valence-corrected chi connectivity index (χ4v) is 0.941. The molecule has 1 unspecified atom stereocenters. The van der Waals surface area contributed by atoms with Crippen molar-refractivity contribution in [3.05, 3.63) is 12.2 Å². The normalized spacial score (nSPS) is 12.5. The number of hydrogen-bond acceptors (Lipinski definition) is 4. The SMILES string of the molecule is CC=CC(CCOC(C)=O)OC(C)=O. The highest BCUT2D eigenvalue weighted by Crippen LogP contribution is 2.02. The van der Waals surface area contributed by atoms with Crippen LogP contribution in [-0.2, 0) is 19.1 Å². The standard InChI is InChI=1S/C10H16O4/c1-4-5-10(14-9(3)12)6-7-13-8(2)11/h4-5,10H,6-7H2,1-3H3. The minimum Gasteiger partial charge on any atom is -0.466 e. The molecule has 4 heteroatoms. The lowest BCUT2D eigenvalue weighted by molar-refractivity contribution is -0.146. The molecule has 1 atom stereocenters. The Kier molecular flexibility index (Phi) is 6.45. The van der Waals surface area contributed by atoms with Gasteiger partial charge in [-0.1, -0.05) is 6.08 Å². The number of rotatable bonds is 5. The number of carbonyl (C=O) groups excluding carboxylic acids is 2. The van der Waals surface area contributed by atoms with Crippen LogP contribution in [0.1, 0.15) is 27.2 Å². The zero-order valence-electron chi connectivity index (χ0n) is 8.78. The lowest BCUT2D eigenvalue weighted by Crippen LogP contribution is -2.16. The third-order valence-corrected chi connectivity index (χ3v) is 1.43. The number of hydrogen-bond donors (Lipinski definition) is 0. The molecule has 0 spiro atoms. The Bertz CT molecular complexity index is 220. The van der Waals surface area contributed by atoms with Gasteiger partial charge < -0.3 is 9.47 Å². The molecule has 0 aromatic heterocycles. The quantitative estimate of drug-likeness (QED) is 0.498. The van der Waals surface area contributed by atoms with E-state index >= 15 is 0 Å². The molecule has 0 N–H and O–H groups in total. The van der Waals surface area contributed by atoms with E-state index in [0.717, 1.165) is 0 Å². The molecule has 4 nitrogen and oxygen atoms in total. The topological polar surface area (TPSA) is 52.6 Å². The van der Waals surface area contributed by atoms with Gasteiger partial charge in [0.1, 0.15) is 6.10 Å². The zero-order valence-corrected chi connectivity index (χ0v) is 8.78. The largest absolute Gasteiger partial charge is 0.466 e. The van der Waals surface area contributed by atoms with Crippen molar-refractivity contribution in [2.24, 2.45) is 0 Å². The van der Waals surface area contributed by atoms with E-state index in [4.69, 9.17) is 9.47 Å². The molecule has 80 valence electrons. The Morgan fingerprint density at radius 2 is 1.93 bits per heavy atom. The third kappa shape index (κ3) is 7.34. The van der Waals surface area contributed by atoms with Gasteiger partial charge in [-0.15, -0.1) is 0 Å². The third-order valence-electron chi connectivity index (χ3n) is 1.43. The highest BCUT2D eigenvalue weighted by molar-refractivity contribution is 5.66. The van der Waals surface area contributed by atoms with Gasteiger partial charge in [-0.2, -0.15) is 0 Å². The van der Waals surface area contributed by atoms with Gasteiger partial charge in [-0.3, -0.25) is 9.59 Å². The van der Waals surface area contributed by atoms with Gasteiger partial charge in [0, 0.05) is 20.3 Å². The molecule has 0 aromatic carbocycles. The van der Waals surface area contributed by atoms with Crippen molar-refractivity contribution >= 4 is 11.9 Å². The maximum Gasteiger partial charge on any atom is 0.303 e. The van der Waals surface area contributed by atoms with Crippen LogP contribution in [0.4, 0.5) is 0 Å². The van der Waals surface area contributed by atoms with Crippen LogP contribution >= 0.6 is 0 Å². The van der Waals surface area contributed by atoms with Crippen LogP contribution in [0.15, 0.2) is 12.2 Å². The van der Waals surface area contributed by atoms with E-state index in [2.05, 4.69) is 0 Å². The Morgan fingerprint density at radius 1 is 1.29 bits per heavy atom. The predicted molar refractivity (Wildman–Crippen MR) is 51.6 cm³/mol. The molecule has 0 saturated carbocycles. The Hall–Kier alpha value is -1.32. The monoisotopic (exact) mass is 200 g/mol. The van der Waals surface area contributed by atoms with Gasteiger partial charge >= 0.3 is 11.9 Å². The van der Waals surface area contributed by atoms with Gasteiger partial charge in [0.2, 0.25) is 0 Å². The van der Waals surface area contributed by atoms with Gasteiger partial charge in [-0.05, 0) is 13.0 Å². The Labute approximate surface area is 83.9 Å². The molecule has 0 radical (unpaired) electrons. The second-order valence-electron chi connectivity index (χ2n) is 2.80. The summed E-state index contributed by atoms with van der Waals surface area (Å²) in [6, 6.07) is 0. The summed E-state index contributed by atoms with van der Waals surface area (Å²) in [6.45, 7) is 4.79. The Balaban J connectivity index is 3.84. The lowest BCUT2D eigenvalue weighted by atomic mass is 10.2. The minimum atomic E-state index is -0.337. The average molecular weight is 200 g/mol. The van der Waals surface area contributed by atoms with Crippen molar-refractivity contribution in [1.82, 2.24) is 0 Å². The van der Waals surface area contributed by atoms with E-state index in [1.165, 1.54) is 13.8 Å². The van der Waals surface area contributed by atoms with Gasteiger partial charge in [0.25, 0.3) is 0 Å². The molecule has 0 aliphatic rings. The summed E-state index contributed by atoms with van der Waals surface area (Å²) < 4.78 is 9.69. The molecule has 0 rings (SSSR count). The fraction of sp³-hybridized carbons (Fsp3) is 0.600. The maximum atomic E-state index is 10.7. The summed E-state index contributed by atoms with van der Waals surface area (Å²) in [6.07, 6.45) is 3.73. The number of esters is 2. The minimum absolute atomic E-state index is 0.262. The molecular formula is C10H16O4.